The van der Waals surface area contributed by atoms with Crippen molar-refractivity contribution < 1.29 is 14.3 Å². The number of carbonyl (C=O) groups excluding carboxylic acids is 2. The van der Waals surface area contributed by atoms with Crippen LogP contribution in [0.3, 0.4) is 0 Å². The van der Waals surface area contributed by atoms with Crippen LogP contribution >= 0.6 is 0 Å². The third kappa shape index (κ3) is 6.32. The molecule has 0 saturated carbocycles. The van der Waals surface area contributed by atoms with Gasteiger partial charge in [-0.25, -0.2) is 4.98 Å². The second kappa shape index (κ2) is 10.1. The van der Waals surface area contributed by atoms with E-state index in [0.717, 1.165) is 44.6 Å². The van der Waals surface area contributed by atoms with E-state index in [1.807, 2.05) is 6.20 Å². The van der Waals surface area contributed by atoms with Crippen molar-refractivity contribution in [1.82, 2.24) is 10.3 Å². The number of rotatable bonds is 8. The molecule has 26 heavy (non-hydrogen) atoms. The number of likely N-dealkylation sites (N-methyl/N-ethyl adjacent to an activating group) is 1. The van der Waals surface area contributed by atoms with Crippen LogP contribution < -0.4 is 10.2 Å². The second-order valence-electron chi connectivity index (χ2n) is 7.26. The monoisotopic (exact) mass is 361 g/mol. The average molecular weight is 361 g/mol. The van der Waals surface area contributed by atoms with E-state index in [9.17, 15) is 9.59 Å². The molecule has 0 spiro atoms. The van der Waals surface area contributed by atoms with Crippen molar-refractivity contribution in [2.75, 3.05) is 31.6 Å². The van der Waals surface area contributed by atoms with Crippen molar-refractivity contribution >= 4 is 17.7 Å². The minimum atomic E-state index is -0.291. The van der Waals surface area contributed by atoms with E-state index in [-0.39, 0.29) is 18.5 Å². The van der Waals surface area contributed by atoms with E-state index in [0.29, 0.717) is 18.3 Å². The van der Waals surface area contributed by atoms with Gasteiger partial charge in [-0.15, -0.1) is 0 Å². The smallest absolute Gasteiger partial charge is 0.306 e. The first kappa shape index (κ1) is 20.2. The molecule has 2 rings (SSSR count). The normalized spacial score (nSPS) is 15.2. The second-order valence-corrected chi connectivity index (χ2v) is 7.26. The summed E-state index contributed by atoms with van der Waals surface area (Å²) in [5, 5.41) is 2.43. The Hall–Kier alpha value is -2.11. The zero-order valence-corrected chi connectivity index (χ0v) is 16.2. The lowest BCUT2D eigenvalue weighted by atomic mass is 9.91. The summed E-state index contributed by atoms with van der Waals surface area (Å²) >= 11 is 0. The summed E-state index contributed by atoms with van der Waals surface area (Å²) in [5.41, 5.74) is 1.27. The molecule has 1 aromatic heterocycles. The fourth-order valence-corrected chi connectivity index (χ4v) is 3.20. The molecule has 1 saturated heterocycles. The van der Waals surface area contributed by atoms with Crippen LogP contribution in [0.25, 0.3) is 0 Å². The third-order valence-corrected chi connectivity index (χ3v) is 5.01. The molecule has 6 nitrogen and oxygen atoms in total. The molecule has 0 aliphatic carbocycles. The summed E-state index contributed by atoms with van der Waals surface area (Å²) in [4.78, 5) is 29.6. The van der Waals surface area contributed by atoms with E-state index in [1.54, 1.807) is 0 Å². The largest absolute Gasteiger partial charge is 0.456 e. The maximum atomic E-state index is 11.6. The highest BCUT2D eigenvalue weighted by molar-refractivity contribution is 5.80. The van der Waals surface area contributed by atoms with Gasteiger partial charge < -0.3 is 15.0 Å². The van der Waals surface area contributed by atoms with Gasteiger partial charge in [-0.3, -0.25) is 9.59 Å². The van der Waals surface area contributed by atoms with Crippen LogP contribution in [-0.4, -0.2) is 43.6 Å². The quantitative estimate of drug-likeness (QED) is 0.721. The van der Waals surface area contributed by atoms with Gasteiger partial charge in [0.05, 0.1) is 0 Å². The first-order valence-electron chi connectivity index (χ1n) is 9.56. The summed E-state index contributed by atoms with van der Waals surface area (Å²) < 4.78 is 4.92. The van der Waals surface area contributed by atoms with Crippen molar-refractivity contribution in [3.63, 3.8) is 0 Å². The Balaban J connectivity index is 1.65. The van der Waals surface area contributed by atoms with Gasteiger partial charge in [-0.1, -0.05) is 19.9 Å². The Bertz CT molecular complexity index is 578. The van der Waals surface area contributed by atoms with Crippen molar-refractivity contribution in [3.8, 4) is 0 Å². The number of amides is 1. The van der Waals surface area contributed by atoms with Gasteiger partial charge in [0.15, 0.2) is 6.61 Å². The highest BCUT2D eigenvalue weighted by Gasteiger charge is 2.20. The fraction of sp³-hybridized carbons (Fsp3) is 0.650. The molecule has 0 radical (unpaired) electrons. The topological polar surface area (TPSA) is 71.5 Å². The lowest BCUT2D eigenvalue weighted by Gasteiger charge is -2.33. The number of hydrogen-bond acceptors (Lipinski definition) is 5. The van der Waals surface area contributed by atoms with Crippen molar-refractivity contribution in [3.05, 3.63) is 23.9 Å². The van der Waals surface area contributed by atoms with Gasteiger partial charge in [0.2, 0.25) is 0 Å². The summed E-state index contributed by atoms with van der Waals surface area (Å²) in [5.74, 6) is 1.64. The highest BCUT2D eigenvalue weighted by atomic mass is 16.5. The summed E-state index contributed by atoms with van der Waals surface area (Å²) in [6.45, 7) is 6.20. The van der Waals surface area contributed by atoms with E-state index in [2.05, 4.69) is 41.2 Å². The Morgan fingerprint density at radius 2 is 2.04 bits per heavy atom. The number of ether oxygens (including phenoxy) is 1. The molecule has 1 N–H and O–H groups in total. The van der Waals surface area contributed by atoms with Gasteiger partial charge >= 0.3 is 5.97 Å². The molecular weight excluding hydrogens is 330 g/mol. The molecule has 0 atom stereocenters. The maximum Gasteiger partial charge on any atom is 0.306 e. The number of pyridine rings is 1. The highest BCUT2D eigenvalue weighted by Crippen LogP contribution is 2.26. The third-order valence-electron chi connectivity index (χ3n) is 5.01. The molecule has 1 aliphatic rings. The van der Waals surface area contributed by atoms with Crippen LogP contribution in [-0.2, 0) is 14.3 Å². The van der Waals surface area contributed by atoms with Gasteiger partial charge in [0, 0.05) is 32.8 Å². The minimum Gasteiger partial charge on any atom is -0.456 e. The Morgan fingerprint density at radius 3 is 2.62 bits per heavy atom. The first-order chi connectivity index (χ1) is 12.5. The van der Waals surface area contributed by atoms with Crippen LogP contribution in [0, 0.1) is 5.92 Å². The predicted molar refractivity (Wildman–Crippen MR) is 102 cm³/mol. The van der Waals surface area contributed by atoms with E-state index in [4.69, 9.17) is 4.74 Å². The molecule has 2 heterocycles. The molecule has 1 aliphatic heterocycles. The zero-order valence-electron chi connectivity index (χ0n) is 16.2. The lowest BCUT2D eigenvalue weighted by molar-refractivity contribution is -0.148. The average Bonchev–Trinajstić information content (AvgIpc) is 2.66. The van der Waals surface area contributed by atoms with Crippen molar-refractivity contribution in [1.29, 1.82) is 0 Å². The maximum absolute atomic E-state index is 11.6. The van der Waals surface area contributed by atoms with Gasteiger partial charge in [0.1, 0.15) is 5.82 Å². The Morgan fingerprint density at radius 1 is 1.31 bits per heavy atom. The number of esters is 1. The standard InChI is InChI=1S/C20H31N3O3/c1-15(2)17-7-8-18(22-13-17)23-11-9-16(10-12-23)5-4-6-20(25)26-14-19(24)21-3/h7-8,13,15-16H,4-6,9-12,14H2,1-3H3,(H,21,24). The minimum absolute atomic E-state index is 0.184. The number of carbonyl (C=O) groups is 2. The SMILES string of the molecule is CNC(=O)COC(=O)CCCC1CCN(c2ccc(C(C)C)cn2)CC1. The molecule has 1 amide bonds. The zero-order chi connectivity index (χ0) is 18.9. The number of aromatic nitrogens is 1. The van der Waals surface area contributed by atoms with Crippen LogP contribution in [0.15, 0.2) is 18.3 Å². The van der Waals surface area contributed by atoms with E-state index in [1.165, 1.54) is 12.6 Å². The summed E-state index contributed by atoms with van der Waals surface area (Å²) in [6.07, 6.45) is 6.47. The predicted octanol–water partition coefficient (Wildman–Crippen LogP) is 2.88. The molecule has 0 bridgehead atoms. The first-order valence-corrected chi connectivity index (χ1v) is 9.56. The van der Waals surface area contributed by atoms with Crippen LogP contribution in [0.5, 0.6) is 0 Å². The lowest BCUT2D eigenvalue weighted by Crippen LogP contribution is -2.34. The number of nitrogens with one attached hydrogen (secondary N) is 1. The Labute approximate surface area is 156 Å². The number of hydrogen-bond donors (Lipinski definition) is 1. The van der Waals surface area contributed by atoms with Crippen molar-refractivity contribution in [2.45, 2.75) is 51.9 Å². The van der Waals surface area contributed by atoms with Gasteiger partial charge in [-0.2, -0.15) is 0 Å². The number of nitrogens with zero attached hydrogens (tertiary/aromatic N) is 2. The molecular formula is C20H31N3O3. The molecule has 144 valence electrons. The Kier molecular flexibility index (Phi) is 7.88. The summed E-state index contributed by atoms with van der Waals surface area (Å²) in [6, 6.07) is 4.29. The molecule has 1 aromatic rings. The van der Waals surface area contributed by atoms with E-state index < -0.39 is 0 Å². The van der Waals surface area contributed by atoms with E-state index >= 15 is 0 Å². The number of piperidine rings is 1. The van der Waals surface area contributed by atoms with Gasteiger partial charge in [-0.05, 0) is 49.1 Å². The van der Waals surface area contributed by atoms with Crippen LogP contribution in [0.1, 0.15) is 57.4 Å². The molecule has 0 aromatic carbocycles. The van der Waals surface area contributed by atoms with Crippen LogP contribution in [0.4, 0.5) is 5.82 Å². The molecule has 1 fully saturated rings. The number of anilines is 1. The van der Waals surface area contributed by atoms with Crippen molar-refractivity contribution in [2.24, 2.45) is 5.92 Å². The molecule has 6 heteroatoms. The van der Waals surface area contributed by atoms with Gasteiger partial charge in [0.25, 0.3) is 5.91 Å². The van der Waals surface area contributed by atoms with Crippen LogP contribution in [0.2, 0.25) is 0 Å². The fourth-order valence-electron chi connectivity index (χ4n) is 3.20. The summed E-state index contributed by atoms with van der Waals surface area (Å²) in [7, 11) is 1.52. The molecule has 0 unspecified atom stereocenters.